The molecular weight excluding hydrogens is 408 g/mol. The van der Waals surface area contributed by atoms with E-state index in [-0.39, 0.29) is 12.5 Å². The van der Waals surface area contributed by atoms with Gasteiger partial charge in [0, 0.05) is 29.5 Å². The number of anilines is 3. The van der Waals surface area contributed by atoms with E-state index in [4.69, 9.17) is 4.74 Å². The summed E-state index contributed by atoms with van der Waals surface area (Å²) in [5.41, 5.74) is 3.67. The summed E-state index contributed by atoms with van der Waals surface area (Å²) in [6.45, 7) is 2.45. The summed E-state index contributed by atoms with van der Waals surface area (Å²) in [5, 5.41) is 16.6. The fourth-order valence-corrected chi connectivity index (χ4v) is 3.18. The molecule has 0 saturated carbocycles. The van der Waals surface area contributed by atoms with E-state index in [2.05, 4.69) is 31.1 Å². The molecule has 0 unspecified atom stereocenters. The molecule has 2 aromatic carbocycles. The van der Waals surface area contributed by atoms with Crippen LogP contribution in [0.1, 0.15) is 22.8 Å². The van der Waals surface area contributed by atoms with Crippen molar-refractivity contribution in [2.24, 2.45) is 0 Å². The fraction of sp³-hybridized carbons (Fsp3) is 0.130. The van der Waals surface area contributed by atoms with E-state index in [0.29, 0.717) is 29.3 Å². The first-order valence-corrected chi connectivity index (χ1v) is 10.1. The van der Waals surface area contributed by atoms with Crippen molar-refractivity contribution in [1.29, 1.82) is 0 Å². The van der Waals surface area contributed by atoms with Crippen molar-refractivity contribution in [2.75, 3.05) is 22.6 Å². The van der Waals surface area contributed by atoms with Gasteiger partial charge >= 0.3 is 6.09 Å². The molecule has 0 fully saturated rings. The fourth-order valence-electron chi connectivity index (χ4n) is 3.18. The lowest BCUT2D eigenvalue weighted by atomic mass is 10.1. The first-order chi connectivity index (χ1) is 15.6. The van der Waals surface area contributed by atoms with E-state index in [0.717, 1.165) is 16.5 Å². The average Bonchev–Trinajstić information content (AvgIpc) is 3.26. The third kappa shape index (κ3) is 5.01. The zero-order chi connectivity index (χ0) is 22.3. The van der Waals surface area contributed by atoms with E-state index < -0.39 is 6.09 Å². The largest absolute Gasteiger partial charge is 0.450 e. The van der Waals surface area contributed by atoms with Gasteiger partial charge in [0.05, 0.1) is 23.9 Å². The van der Waals surface area contributed by atoms with Crippen LogP contribution in [0, 0.1) is 0 Å². The van der Waals surface area contributed by atoms with Gasteiger partial charge in [0.2, 0.25) is 0 Å². The minimum atomic E-state index is -0.555. The summed E-state index contributed by atoms with van der Waals surface area (Å²) in [6, 6.07) is 16.4. The molecular formula is C23H22N6O3. The number of hydrogen-bond donors (Lipinski definition) is 4. The number of ether oxygens (including phenoxy) is 1. The van der Waals surface area contributed by atoms with Gasteiger partial charge in [-0.25, -0.2) is 9.78 Å². The van der Waals surface area contributed by atoms with Gasteiger partial charge in [0.1, 0.15) is 5.82 Å². The van der Waals surface area contributed by atoms with Crippen molar-refractivity contribution < 1.29 is 14.3 Å². The molecule has 2 aromatic heterocycles. The number of carbonyl (C=O) groups is 2. The number of H-pyrrole nitrogens is 1. The van der Waals surface area contributed by atoms with E-state index >= 15 is 0 Å². The second-order valence-corrected chi connectivity index (χ2v) is 6.92. The predicted octanol–water partition coefficient (Wildman–Crippen LogP) is 4.39. The van der Waals surface area contributed by atoms with Crippen LogP contribution in [0.15, 0.2) is 67.0 Å². The molecule has 0 saturated heterocycles. The summed E-state index contributed by atoms with van der Waals surface area (Å²) in [5.74, 6) is 0.166. The highest BCUT2D eigenvalue weighted by molar-refractivity contribution is 6.08. The quantitative estimate of drug-likeness (QED) is 0.345. The van der Waals surface area contributed by atoms with Crippen LogP contribution in [0.3, 0.4) is 0 Å². The summed E-state index contributed by atoms with van der Waals surface area (Å²) >= 11 is 0. The van der Waals surface area contributed by atoms with Gasteiger partial charge in [-0.3, -0.25) is 15.2 Å². The monoisotopic (exact) mass is 430 g/mol. The predicted molar refractivity (Wildman–Crippen MR) is 123 cm³/mol. The third-order valence-corrected chi connectivity index (χ3v) is 4.68. The number of carbonyl (C=O) groups excluding carboxylic acids is 2. The molecule has 9 heteroatoms. The van der Waals surface area contributed by atoms with Gasteiger partial charge in [0.15, 0.2) is 0 Å². The number of nitrogens with one attached hydrogen (secondary N) is 4. The molecule has 0 aliphatic heterocycles. The molecule has 32 heavy (non-hydrogen) atoms. The molecule has 0 radical (unpaired) electrons. The van der Waals surface area contributed by atoms with Crippen LogP contribution in [0.25, 0.3) is 10.9 Å². The Bertz CT molecular complexity index is 1250. The highest BCUT2D eigenvalue weighted by atomic mass is 16.5. The topological polar surface area (TPSA) is 121 Å². The van der Waals surface area contributed by atoms with E-state index in [1.165, 1.54) is 0 Å². The number of fused-ring (bicyclic) bond motifs is 1. The van der Waals surface area contributed by atoms with Gasteiger partial charge in [-0.05, 0) is 55.0 Å². The van der Waals surface area contributed by atoms with Crippen LogP contribution < -0.4 is 16.0 Å². The van der Waals surface area contributed by atoms with Crippen LogP contribution in [0.2, 0.25) is 0 Å². The Morgan fingerprint density at radius 1 is 1.06 bits per heavy atom. The lowest BCUT2D eigenvalue weighted by molar-refractivity contribution is 0.102. The molecule has 2 amide bonds. The first kappa shape index (κ1) is 20.9. The van der Waals surface area contributed by atoms with Crippen LogP contribution in [-0.2, 0) is 11.3 Å². The summed E-state index contributed by atoms with van der Waals surface area (Å²) < 4.78 is 4.87. The van der Waals surface area contributed by atoms with Crippen molar-refractivity contribution >= 4 is 40.1 Å². The Morgan fingerprint density at radius 2 is 1.94 bits per heavy atom. The van der Waals surface area contributed by atoms with Crippen LogP contribution >= 0.6 is 0 Å². The number of aromatic amines is 1. The normalized spacial score (nSPS) is 10.5. The summed E-state index contributed by atoms with van der Waals surface area (Å²) in [6.07, 6.45) is 2.75. The van der Waals surface area contributed by atoms with Gasteiger partial charge < -0.3 is 15.4 Å². The maximum Gasteiger partial charge on any atom is 0.412 e. The lowest BCUT2D eigenvalue weighted by Crippen LogP contribution is -2.15. The van der Waals surface area contributed by atoms with E-state index in [1.54, 1.807) is 31.5 Å². The van der Waals surface area contributed by atoms with Crippen LogP contribution in [-0.4, -0.2) is 33.8 Å². The Hall–Kier alpha value is -4.40. The maximum atomic E-state index is 12.9. The van der Waals surface area contributed by atoms with Crippen molar-refractivity contribution in [3.63, 3.8) is 0 Å². The molecule has 0 spiro atoms. The average molecular weight is 430 g/mol. The number of aromatic nitrogens is 3. The Kier molecular flexibility index (Phi) is 6.26. The van der Waals surface area contributed by atoms with Crippen molar-refractivity contribution in [3.8, 4) is 0 Å². The number of rotatable bonds is 7. The summed E-state index contributed by atoms with van der Waals surface area (Å²) in [4.78, 5) is 28.6. The summed E-state index contributed by atoms with van der Waals surface area (Å²) in [7, 11) is 0. The minimum absolute atomic E-state index is 0.227. The molecule has 0 atom stereocenters. The molecule has 2 heterocycles. The Labute approximate surface area is 184 Å². The number of hydrogen-bond acceptors (Lipinski definition) is 6. The molecule has 0 aliphatic rings. The highest BCUT2D eigenvalue weighted by Crippen LogP contribution is 2.21. The molecule has 0 bridgehead atoms. The SMILES string of the molecule is CCOC(=O)Nc1cc(CNc2ccccc2C(=O)Nc2ccc3[nH]ncc3c2)ccn1. The standard InChI is InChI=1S/C23H22N6O3/c1-2-32-23(31)28-21-11-15(9-10-24-21)13-25-20-6-4-3-5-18(20)22(30)27-17-7-8-19-16(12-17)14-26-29-19/h3-12,14,25H,2,13H2,1H3,(H,26,29)(H,27,30)(H,24,28,31). The number of pyridine rings is 1. The molecule has 9 nitrogen and oxygen atoms in total. The minimum Gasteiger partial charge on any atom is -0.450 e. The smallest absolute Gasteiger partial charge is 0.412 e. The maximum absolute atomic E-state index is 12.9. The number of benzene rings is 2. The van der Waals surface area contributed by atoms with Crippen molar-refractivity contribution in [2.45, 2.75) is 13.5 Å². The second kappa shape index (κ2) is 9.61. The first-order valence-electron chi connectivity index (χ1n) is 10.1. The Morgan fingerprint density at radius 3 is 2.81 bits per heavy atom. The van der Waals surface area contributed by atoms with E-state index in [1.807, 2.05) is 42.5 Å². The second-order valence-electron chi connectivity index (χ2n) is 6.92. The van der Waals surface area contributed by atoms with E-state index in [9.17, 15) is 9.59 Å². The zero-order valence-electron chi connectivity index (χ0n) is 17.4. The van der Waals surface area contributed by atoms with Crippen LogP contribution in [0.4, 0.5) is 22.0 Å². The van der Waals surface area contributed by atoms with Gasteiger partial charge in [-0.15, -0.1) is 0 Å². The highest BCUT2D eigenvalue weighted by Gasteiger charge is 2.12. The molecule has 4 aromatic rings. The Balaban J connectivity index is 1.44. The molecule has 4 N–H and O–H groups in total. The van der Waals surface area contributed by atoms with Gasteiger partial charge in [0.25, 0.3) is 5.91 Å². The van der Waals surface area contributed by atoms with Gasteiger partial charge in [-0.2, -0.15) is 5.10 Å². The molecule has 162 valence electrons. The van der Waals surface area contributed by atoms with Crippen molar-refractivity contribution in [1.82, 2.24) is 15.2 Å². The lowest BCUT2D eigenvalue weighted by Gasteiger charge is -2.13. The molecule has 4 rings (SSSR count). The van der Waals surface area contributed by atoms with Gasteiger partial charge in [-0.1, -0.05) is 12.1 Å². The van der Waals surface area contributed by atoms with Crippen LogP contribution in [0.5, 0.6) is 0 Å². The number of amides is 2. The number of para-hydroxylation sites is 1. The zero-order valence-corrected chi connectivity index (χ0v) is 17.4. The molecule has 0 aliphatic carbocycles. The third-order valence-electron chi connectivity index (χ3n) is 4.68. The number of nitrogens with zero attached hydrogens (tertiary/aromatic N) is 2. The van der Waals surface area contributed by atoms with Crippen molar-refractivity contribution in [3.05, 3.63) is 78.1 Å².